The number of aromatic nitrogens is 2. The average Bonchev–Trinajstić information content (AvgIpc) is 3.36. The third-order valence-electron chi connectivity index (χ3n) is 6.38. The molecule has 3 aromatic carbocycles. The molecule has 0 aliphatic carbocycles. The SMILES string of the molecule is Cc1cccc(-c2nnc(-c3ccc(C(=O)Nc4ccc(N5CCN(C)CC5)c(C)c4)cc3)o2)c1. The van der Waals surface area contributed by atoms with Gasteiger partial charge in [0.25, 0.3) is 5.91 Å². The fourth-order valence-corrected chi connectivity index (χ4v) is 4.34. The van der Waals surface area contributed by atoms with E-state index in [1.54, 1.807) is 12.1 Å². The molecule has 7 heteroatoms. The molecule has 1 amide bonds. The normalized spacial score (nSPS) is 14.2. The van der Waals surface area contributed by atoms with Crippen LogP contribution in [0, 0.1) is 13.8 Å². The zero-order valence-corrected chi connectivity index (χ0v) is 20.3. The van der Waals surface area contributed by atoms with E-state index in [0.29, 0.717) is 17.3 Å². The fourth-order valence-electron chi connectivity index (χ4n) is 4.34. The molecule has 1 aliphatic rings. The van der Waals surface area contributed by atoms with Crippen molar-refractivity contribution in [1.29, 1.82) is 0 Å². The highest BCUT2D eigenvalue weighted by Gasteiger charge is 2.17. The molecule has 178 valence electrons. The summed E-state index contributed by atoms with van der Waals surface area (Å²) in [7, 11) is 2.15. The molecule has 0 spiro atoms. The van der Waals surface area contributed by atoms with Crippen LogP contribution in [0.2, 0.25) is 0 Å². The topological polar surface area (TPSA) is 74.5 Å². The first-order valence-electron chi connectivity index (χ1n) is 11.8. The van der Waals surface area contributed by atoms with Crippen molar-refractivity contribution in [2.45, 2.75) is 13.8 Å². The number of anilines is 2. The summed E-state index contributed by atoms with van der Waals surface area (Å²) in [5.41, 5.74) is 6.51. The fraction of sp³-hybridized carbons (Fsp3) is 0.250. The van der Waals surface area contributed by atoms with Gasteiger partial charge in [0.15, 0.2) is 0 Å². The Kier molecular flexibility index (Phi) is 6.33. The summed E-state index contributed by atoms with van der Waals surface area (Å²) in [5.74, 6) is 0.735. The predicted molar refractivity (Wildman–Crippen MR) is 139 cm³/mol. The van der Waals surface area contributed by atoms with Crippen molar-refractivity contribution in [1.82, 2.24) is 15.1 Å². The summed E-state index contributed by atoms with van der Waals surface area (Å²) in [4.78, 5) is 17.6. The minimum absolute atomic E-state index is 0.158. The van der Waals surface area contributed by atoms with Crippen LogP contribution in [0.15, 0.2) is 71.1 Å². The second kappa shape index (κ2) is 9.72. The maximum atomic E-state index is 12.8. The van der Waals surface area contributed by atoms with Crippen LogP contribution in [0.25, 0.3) is 22.9 Å². The first-order chi connectivity index (χ1) is 17.0. The summed E-state index contributed by atoms with van der Waals surface area (Å²) in [6.45, 7) is 8.26. The van der Waals surface area contributed by atoms with E-state index in [-0.39, 0.29) is 5.91 Å². The van der Waals surface area contributed by atoms with Gasteiger partial charge in [0.2, 0.25) is 11.8 Å². The molecule has 0 bridgehead atoms. The second-order valence-electron chi connectivity index (χ2n) is 9.10. The van der Waals surface area contributed by atoms with E-state index >= 15 is 0 Å². The lowest BCUT2D eigenvalue weighted by Crippen LogP contribution is -2.44. The maximum Gasteiger partial charge on any atom is 0.255 e. The molecular weight excluding hydrogens is 438 g/mol. The van der Waals surface area contributed by atoms with Crippen molar-refractivity contribution in [2.75, 3.05) is 43.4 Å². The lowest BCUT2D eigenvalue weighted by molar-refractivity contribution is 0.102. The van der Waals surface area contributed by atoms with Crippen molar-refractivity contribution in [3.05, 3.63) is 83.4 Å². The van der Waals surface area contributed by atoms with Gasteiger partial charge in [-0.3, -0.25) is 4.79 Å². The molecule has 2 heterocycles. The molecule has 5 rings (SSSR count). The van der Waals surface area contributed by atoms with Gasteiger partial charge in [0, 0.05) is 54.2 Å². The van der Waals surface area contributed by atoms with Gasteiger partial charge < -0.3 is 19.5 Å². The number of carbonyl (C=O) groups is 1. The summed E-state index contributed by atoms with van der Waals surface area (Å²) in [6, 6.07) is 21.2. The van der Waals surface area contributed by atoms with Crippen LogP contribution in [-0.2, 0) is 0 Å². The zero-order valence-electron chi connectivity index (χ0n) is 20.3. The van der Waals surface area contributed by atoms with Gasteiger partial charge >= 0.3 is 0 Å². The Bertz CT molecular complexity index is 1340. The Balaban J connectivity index is 1.25. The number of nitrogens with zero attached hydrogens (tertiary/aromatic N) is 4. The first-order valence-corrected chi connectivity index (χ1v) is 11.8. The smallest absolute Gasteiger partial charge is 0.255 e. The van der Waals surface area contributed by atoms with Gasteiger partial charge in [-0.05, 0) is 81.1 Å². The van der Waals surface area contributed by atoms with Gasteiger partial charge in [0.05, 0.1) is 0 Å². The molecule has 1 N–H and O–H groups in total. The van der Waals surface area contributed by atoms with Crippen LogP contribution in [0.5, 0.6) is 0 Å². The number of hydrogen-bond donors (Lipinski definition) is 1. The molecule has 35 heavy (non-hydrogen) atoms. The van der Waals surface area contributed by atoms with Gasteiger partial charge in [0.1, 0.15) is 0 Å². The highest BCUT2D eigenvalue weighted by Crippen LogP contribution is 2.26. The van der Waals surface area contributed by atoms with E-state index in [1.165, 1.54) is 5.69 Å². The number of amides is 1. The molecule has 0 radical (unpaired) electrons. The number of hydrogen-bond acceptors (Lipinski definition) is 6. The van der Waals surface area contributed by atoms with Crippen LogP contribution in [0.1, 0.15) is 21.5 Å². The molecule has 0 atom stereocenters. The molecule has 1 aliphatic heterocycles. The minimum Gasteiger partial charge on any atom is -0.416 e. The van der Waals surface area contributed by atoms with Crippen LogP contribution >= 0.6 is 0 Å². The van der Waals surface area contributed by atoms with E-state index in [2.05, 4.69) is 45.4 Å². The number of benzene rings is 3. The lowest BCUT2D eigenvalue weighted by atomic mass is 10.1. The quantitative estimate of drug-likeness (QED) is 0.444. The van der Waals surface area contributed by atoms with Gasteiger partial charge in [-0.25, -0.2) is 0 Å². The first kappa shape index (κ1) is 22.8. The molecule has 1 aromatic heterocycles. The zero-order chi connectivity index (χ0) is 24.4. The molecule has 0 unspecified atom stereocenters. The number of likely N-dealkylation sites (N-methyl/N-ethyl adjacent to an activating group) is 1. The lowest BCUT2D eigenvalue weighted by Gasteiger charge is -2.35. The second-order valence-corrected chi connectivity index (χ2v) is 9.10. The van der Waals surface area contributed by atoms with Crippen LogP contribution in [0.3, 0.4) is 0 Å². The number of carbonyl (C=O) groups excluding carboxylic acids is 1. The van der Waals surface area contributed by atoms with Crippen LogP contribution < -0.4 is 10.2 Å². The number of aryl methyl sites for hydroxylation is 2. The maximum absolute atomic E-state index is 12.8. The van der Waals surface area contributed by atoms with E-state index in [9.17, 15) is 4.79 Å². The molecule has 1 fully saturated rings. The number of nitrogens with one attached hydrogen (secondary N) is 1. The van der Waals surface area contributed by atoms with Gasteiger partial charge in [-0.2, -0.15) is 0 Å². The summed E-state index contributed by atoms with van der Waals surface area (Å²) in [5, 5.41) is 11.3. The predicted octanol–water partition coefficient (Wildman–Crippen LogP) is 5.02. The Hall–Kier alpha value is -3.97. The highest BCUT2D eigenvalue weighted by molar-refractivity contribution is 6.04. The molecule has 4 aromatic rings. The standard InChI is InChI=1S/C28H29N5O2/c1-19-5-4-6-23(17-19)28-31-30-27(35-28)22-9-7-21(8-10-22)26(34)29-24-11-12-25(20(2)18-24)33-15-13-32(3)14-16-33/h4-12,17-18H,13-16H2,1-3H3,(H,29,34). The summed E-state index contributed by atoms with van der Waals surface area (Å²) in [6.07, 6.45) is 0. The Morgan fingerprint density at radius 3 is 2.26 bits per heavy atom. The van der Waals surface area contributed by atoms with E-state index < -0.39 is 0 Å². The van der Waals surface area contributed by atoms with Crippen molar-refractivity contribution in [3.63, 3.8) is 0 Å². The van der Waals surface area contributed by atoms with Crippen molar-refractivity contribution in [2.24, 2.45) is 0 Å². The van der Waals surface area contributed by atoms with Crippen molar-refractivity contribution in [3.8, 4) is 22.9 Å². The number of rotatable bonds is 5. The molecular formula is C28H29N5O2. The summed E-state index contributed by atoms with van der Waals surface area (Å²) >= 11 is 0. The van der Waals surface area contributed by atoms with Crippen LogP contribution in [0.4, 0.5) is 11.4 Å². The Morgan fingerprint density at radius 1 is 0.857 bits per heavy atom. The molecule has 1 saturated heterocycles. The molecule has 0 saturated carbocycles. The minimum atomic E-state index is -0.158. The monoisotopic (exact) mass is 467 g/mol. The summed E-state index contributed by atoms with van der Waals surface area (Å²) < 4.78 is 5.86. The van der Waals surface area contributed by atoms with Crippen LogP contribution in [-0.4, -0.2) is 54.2 Å². The third kappa shape index (κ3) is 5.10. The van der Waals surface area contributed by atoms with E-state index in [0.717, 1.165) is 54.1 Å². The highest BCUT2D eigenvalue weighted by atomic mass is 16.4. The van der Waals surface area contributed by atoms with Crippen molar-refractivity contribution < 1.29 is 9.21 Å². The largest absolute Gasteiger partial charge is 0.416 e. The number of piperazine rings is 1. The van der Waals surface area contributed by atoms with Gasteiger partial charge in [-0.1, -0.05) is 17.7 Å². The molecule has 7 nitrogen and oxygen atoms in total. The van der Waals surface area contributed by atoms with E-state index in [1.807, 2.05) is 55.5 Å². The van der Waals surface area contributed by atoms with Crippen molar-refractivity contribution >= 4 is 17.3 Å². The average molecular weight is 468 g/mol. The van der Waals surface area contributed by atoms with E-state index in [4.69, 9.17) is 4.42 Å². The Labute approximate surface area is 205 Å². The van der Waals surface area contributed by atoms with Gasteiger partial charge in [-0.15, -0.1) is 10.2 Å². The third-order valence-corrected chi connectivity index (χ3v) is 6.38. The Morgan fingerprint density at radius 2 is 1.57 bits per heavy atom.